The standard InChI is InChI=1S/C13H17ClN2O/c1-3-6-16-8-10-7-11(14)4-5-12(10)15-13(17)9(16)2/h4-5,7,9H,3,6,8H2,1-2H3,(H,15,17). The van der Waals surface area contributed by atoms with Gasteiger partial charge in [-0.3, -0.25) is 9.69 Å². The number of nitrogens with one attached hydrogen (secondary N) is 1. The number of anilines is 1. The van der Waals surface area contributed by atoms with Crippen molar-refractivity contribution < 1.29 is 4.79 Å². The summed E-state index contributed by atoms with van der Waals surface area (Å²) in [6.07, 6.45) is 1.04. The monoisotopic (exact) mass is 252 g/mol. The highest BCUT2D eigenvalue weighted by Crippen LogP contribution is 2.26. The molecule has 0 saturated carbocycles. The maximum Gasteiger partial charge on any atom is 0.241 e. The van der Waals surface area contributed by atoms with E-state index in [0.717, 1.165) is 30.8 Å². The largest absolute Gasteiger partial charge is 0.324 e. The minimum atomic E-state index is -0.0962. The maximum atomic E-state index is 12.0. The van der Waals surface area contributed by atoms with Crippen molar-refractivity contribution in [2.24, 2.45) is 0 Å². The molecule has 1 unspecified atom stereocenters. The summed E-state index contributed by atoms with van der Waals surface area (Å²) in [5.41, 5.74) is 1.97. The second-order valence-electron chi connectivity index (χ2n) is 4.44. The Balaban J connectivity index is 2.34. The summed E-state index contributed by atoms with van der Waals surface area (Å²) in [6, 6.07) is 5.51. The lowest BCUT2D eigenvalue weighted by Gasteiger charge is -2.24. The lowest BCUT2D eigenvalue weighted by Crippen LogP contribution is -2.39. The van der Waals surface area contributed by atoms with Crippen LogP contribution in [-0.4, -0.2) is 23.4 Å². The van der Waals surface area contributed by atoms with Crippen LogP contribution >= 0.6 is 11.6 Å². The fourth-order valence-corrected chi connectivity index (χ4v) is 2.33. The number of carbonyl (C=O) groups excluding carboxylic acids is 1. The van der Waals surface area contributed by atoms with E-state index in [-0.39, 0.29) is 11.9 Å². The Kier molecular flexibility index (Phi) is 3.69. The van der Waals surface area contributed by atoms with Crippen molar-refractivity contribution in [3.63, 3.8) is 0 Å². The minimum Gasteiger partial charge on any atom is -0.324 e. The molecule has 1 aliphatic rings. The van der Waals surface area contributed by atoms with Crippen molar-refractivity contribution >= 4 is 23.2 Å². The first-order valence-electron chi connectivity index (χ1n) is 5.95. The van der Waals surface area contributed by atoms with Crippen LogP contribution in [-0.2, 0) is 11.3 Å². The molecule has 0 radical (unpaired) electrons. The molecule has 1 heterocycles. The zero-order valence-corrected chi connectivity index (χ0v) is 10.9. The van der Waals surface area contributed by atoms with E-state index in [4.69, 9.17) is 11.6 Å². The Bertz CT molecular complexity index is 433. The van der Waals surface area contributed by atoms with Gasteiger partial charge in [-0.2, -0.15) is 0 Å². The summed E-state index contributed by atoms with van der Waals surface area (Å²) in [6.45, 7) is 5.75. The molecule has 0 saturated heterocycles. The summed E-state index contributed by atoms with van der Waals surface area (Å²) in [5, 5.41) is 3.66. The van der Waals surface area contributed by atoms with Gasteiger partial charge < -0.3 is 5.32 Å². The van der Waals surface area contributed by atoms with Gasteiger partial charge >= 0.3 is 0 Å². The Labute approximate surface area is 107 Å². The second kappa shape index (κ2) is 5.07. The number of nitrogens with zero attached hydrogens (tertiary/aromatic N) is 1. The SMILES string of the molecule is CCCN1Cc2cc(Cl)ccc2NC(=O)C1C. The summed E-state index contributed by atoms with van der Waals surface area (Å²) >= 11 is 6.00. The second-order valence-corrected chi connectivity index (χ2v) is 4.87. The van der Waals surface area contributed by atoms with Crippen molar-refractivity contribution in [3.05, 3.63) is 28.8 Å². The van der Waals surface area contributed by atoms with Crippen molar-refractivity contribution in [2.45, 2.75) is 32.9 Å². The predicted octanol–water partition coefficient (Wildman–Crippen LogP) is 2.89. The van der Waals surface area contributed by atoms with Crippen molar-refractivity contribution in [3.8, 4) is 0 Å². The number of fused-ring (bicyclic) bond motifs is 1. The predicted molar refractivity (Wildman–Crippen MR) is 70.2 cm³/mol. The van der Waals surface area contributed by atoms with Gasteiger partial charge in [0.15, 0.2) is 0 Å². The smallest absolute Gasteiger partial charge is 0.241 e. The molecule has 0 bridgehead atoms. The van der Waals surface area contributed by atoms with E-state index >= 15 is 0 Å². The number of amides is 1. The number of benzene rings is 1. The van der Waals surface area contributed by atoms with E-state index in [0.29, 0.717) is 5.02 Å². The van der Waals surface area contributed by atoms with Gasteiger partial charge in [-0.1, -0.05) is 18.5 Å². The van der Waals surface area contributed by atoms with Crippen LogP contribution in [0.25, 0.3) is 0 Å². The highest BCUT2D eigenvalue weighted by atomic mass is 35.5. The van der Waals surface area contributed by atoms with Gasteiger partial charge in [-0.05, 0) is 43.7 Å². The van der Waals surface area contributed by atoms with Gasteiger partial charge in [-0.25, -0.2) is 0 Å². The lowest BCUT2D eigenvalue weighted by atomic mass is 10.1. The molecule has 4 heteroatoms. The van der Waals surface area contributed by atoms with E-state index in [2.05, 4.69) is 17.1 Å². The van der Waals surface area contributed by atoms with Crippen LogP contribution < -0.4 is 5.32 Å². The van der Waals surface area contributed by atoms with Crippen LogP contribution in [0.5, 0.6) is 0 Å². The average molecular weight is 253 g/mol. The Morgan fingerprint density at radius 3 is 3.00 bits per heavy atom. The molecule has 3 nitrogen and oxygen atoms in total. The van der Waals surface area contributed by atoms with Crippen molar-refractivity contribution in [1.82, 2.24) is 4.90 Å². The third-order valence-corrected chi connectivity index (χ3v) is 3.37. The third kappa shape index (κ3) is 2.61. The summed E-state index contributed by atoms with van der Waals surface area (Å²) < 4.78 is 0. The number of hydrogen-bond donors (Lipinski definition) is 1. The molecule has 92 valence electrons. The molecule has 1 amide bonds. The fraction of sp³-hybridized carbons (Fsp3) is 0.462. The molecule has 1 atom stereocenters. The van der Waals surface area contributed by atoms with Gasteiger partial charge in [-0.15, -0.1) is 0 Å². The normalized spacial score (nSPS) is 20.6. The van der Waals surface area contributed by atoms with Crippen LogP contribution in [0.2, 0.25) is 5.02 Å². The van der Waals surface area contributed by atoms with Crippen LogP contribution in [0, 0.1) is 0 Å². The number of rotatable bonds is 2. The topological polar surface area (TPSA) is 32.3 Å². The highest BCUT2D eigenvalue weighted by molar-refractivity contribution is 6.30. The van der Waals surface area contributed by atoms with Crippen LogP contribution in [0.1, 0.15) is 25.8 Å². The summed E-state index contributed by atoms with van der Waals surface area (Å²) in [7, 11) is 0. The van der Waals surface area contributed by atoms with Crippen molar-refractivity contribution in [2.75, 3.05) is 11.9 Å². The first-order valence-corrected chi connectivity index (χ1v) is 6.33. The molecule has 0 aliphatic carbocycles. The molecule has 1 aromatic carbocycles. The van der Waals surface area contributed by atoms with Gasteiger partial charge in [0.25, 0.3) is 0 Å². The van der Waals surface area contributed by atoms with Gasteiger partial charge in [0.05, 0.1) is 6.04 Å². The quantitative estimate of drug-likeness (QED) is 0.878. The fourth-order valence-electron chi connectivity index (χ4n) is 2.13. The molecule has 1 N–H and O–H groups in total. The van der Waals surface area contributed by atoms with E-state index in [1.54, 1.807) is 6.07 Å². The van der Waals surface area contributed by atoms with E-state index in [1.807, 2.05) is 19.1 Å². The summed E-state index contributed by atoms with van der Waals surface area (Å²) in [5.74, 6) is 0.0551. The average Bonchev–Trinajstić information content (AvgIpc) is 2.40. The van der Waals surface area contributed by atoms with E-state index in [9.17, 15) is 4.79 Å². The molecule has 1 aromatic rings. The zero-order chi connectivity index (χ0) is 12.4. The number of carbonyl (C=O) groups is 1. The number of hydrogen-bond acceptors (Lipinski definition) is 2. The summed E-state index contributed by atoms with van der Waals surface area (Å²) in [4.78, 5) is 14.1. The van der Waals surface area contributed by atoms with Crippen molar-refractivity contribution in [1.29, 1.82) is 0 Å². The molecule has 17 heavy (non-hydrogen) atoms. The highest BCUT2D eigenvalue weighted by Gasteiger charge is 2.25. The number of halogens is 1. The van der Waals surface area contributed by atoms with E-state index in [1.165, 1.54) is 0 Å². The van der Waals surface area contributed by atoms with Crippen LogP contribution in [0.15, 0.2) is 18.2 Å². The zero-order valence-electron chi connectivity index (χ0n) is 10.2. The Morgan fingerprint density at radius 1 is 1.53 bits per heavy atom. The van der Waals surface area contributed by atoms with Gasteiger partial charge in [0.2, 0.25) is 5.91 Å². The molecular weight excluding hydrogens is 236 g/mol. The maximum absolute atomic E-state index is 12.0. The Hall–Kier alpha value is -1.06. The molecule has 0 aromatic heterocycles. The van der Waals surface area contributed by atoms with E-state index < -0.39 is 0 Å². The third-order valence-electron chi connectivity index (χ3n) is 3.14. The first kappa shape index (κ1) is 12.4. The molecule has 1 aliphatic heterocycles. The molecular formula is C13H17ClN2O. The molecule has 2 rings (SSSR count). The van der Waals surface area contributed by atoms with Crippen LogP contribution in [0.4, 0.5) is 5.69 Å². The minimum absolute atomic E-state index is 0.0551. The van der Waals surface area contributed by atoms with Gasteiger partial charge in [0, 0.05) is 17.3 Å². The lowest BCUT2D eigenvalue weighted by molar-refractivity contribution is -0.120. The molecule has 0 fully saturated rings. The first-order chi connectivity index (χ1) is 8.11. The van der Waals surface area contributed by atoms with Gasteiger partial charge in [0.1, 0.15) is 0 Å². The van der Waals surface area contributed by atoms with Crippen LogP contribution in [0.3, 0.4) is 0 Å². The molecule has 0 spiro atoms. The Morgan fingerprint density at radius 2 is 2.29 bits per heavy atom.